The lowest BCUT2D eigenvalue weighted by atomic mass is 9.93. The van der Waals surface area contributed by atoms with E-state index in [-0.39, 0.29) is 6.42 Å². The smallest absolute Gasteiger partial charge is 0.0789 e. The van der Waals surface area contributed by atoms with E-state index >= 15 is 0 Å². The summed E-state index contributed by atoms with van der Waals surface area (Å²) in [5.41, 5.74) is 2.05. The lowest BCUT2D eigenvalue weighted by Crippen LogP contribution is -2.26. The standard InChI is InChI=1S/C17H16ClNO/c1-17(20,10-11-19)12-13-6-8-14(9-7-13)15-4-2-3-5-16(15)18/h2-9,20H,10,12H2,1H3. The molecular weight excluding hydrogens is 270 g/mol. The third kappa shape index (κ3) is 3.60. The summed E-state index contributed by atoms with van der Waals surface area (Å²) in [7, 11) is 0. The minimum atomic E-state index is -0.985. The van der Waals surface area contributed by atoms with Gasteiger partial charge in [-0.2, -0.15) is 5.26 Å². The number of nitrogens with zero attached hydrogens (tertiary/aromatic N) is 1. The van der Waals surface area contributed by atoms with Gasteiger partial charge in [0.15, 0.2) is 0 Å². The zero-order chi connectivity index (χ0) is 14.6. The molecule has 2 nitrogen and oxygen atoms in total. The molecule has 0 saturated carbocycles. The fourth-order valence-corrected chi connectivity index (χ4v) is 2.41. The van der Waals surface area contributed by atoms with Crippen molar-refractivity contribution in [2.24, 2.45) is 0 Å². The van der Waals surface area contributed by atoms with Crippen LogP contribution in [0.1, 0.15) is 18.9 Å². The van der Waals surface area contributed by atoms with Crippen LogP contribution in [0.15, 0.2) is 48.5 Å². The molecule has 0 aliphatic carbocycles. The number of nitriles is 1. The summed E-state index contributed by atoms with van der Waals surface area (Å²) in [6, 6.07) is 17.6. The van der Waals surface area contributed by atoms with E-state index in [2.05, 4.69) is 0 Å². The maximum atomic E-state index is 10.1. The van der Waals surface area contributed by atoms with Crippen LogP contribution in [-0.4, -0.2) is 10.7 Å². The van der Waals surface area contributed by atoms with Gasteiger partial charge in [0.2, 0.25) is 0 Å². The van der Waals surface area contributed by atoms with Crippen LogP contribution < -0.4 is 0 Å². The van der Waals surface area contributed by atoms with Crippen LogP contribution in [0.3, 0.4) is 0 Å². The molecule has 0 aliphatic rings. The maximum absolute atomic E-state index is 10.1. The van der Waals surface area contributed by atoms with Gasteiger partial charge in [0.25, 0.3) is 0 Å². The number of hydrogen-bond donors (Lipinski definition) is 1. The lowest BCUT2D eigenvalue weighted by molar-refractivity contribution is 0.0654. The van der Waals surface area contributed by atoms with Crippen molar-refractivity contribution in [3.8, 4) is 17.2 Å². The summed E-state index contributed by atoms with van der Waals surface area (Å²) in [6.07, 6.45) is 0.586. The van der Waals surface area contributed by atoms with E-state index in [1.54, 1.807) is 6.92 Å². The molecule has 0 heterocycles. The molecule has 0 aliphatic heterocycles. The Bertz CT molecular complexity index is 626. The first-order valence-corrected chi connectivity index (χ1v) is 6.83. The van der Waals surface area contributed by atoms with Crippen LogP contribution in [0, 0.1) is 11.3 Å². The predicted molar refractivity (Wildman–Crippen MR) is 81.4 cm³/mol. The Hall–Kier alpha value is -1.82. The van der Waals surface area contributed by atoms with Crippen LogP contribution >= 0.6 is 11.6 Å². The van der Waals surface area contributed by atoms with E-state index in [0.717, 1.165) is 21.7 Å². The lowest BCUT2D eigenvalue weighted by Gasteiger charge is -2.19. The number of hydrogen-bond acceptors (Lipinski definition) is 2. The third-order valence-corrected chi connectivity index (χ3v) is 3.51. The van der Waals surface area contributed by atoms with Crippen molar-refractivity contribution in [3.63, 3.8) is 0 Å². The van der Waals surface area contributed by atoms with Gasteiger partial charge in [0, 0.05) is 17.0 Å². The zero-order valence-corrected chi connectivity index (χ0v) is 12.1. The minimum absolute atomic E-state index is 0.124. The Balaban J connectivity index is 2.19. The summed E-state index contributed by atoms with van der Waals surface area (Å²) in [6.45, 7) is 1.68. The van der Waals surface area contributed by atoms with Crippen molar-refractivity contribution in [1.82, 2.24) is 0 Å². The highest BCUT2D eigenvalue weighted by molar-refractivity contribution is 6.33. The van der Waals surface area contributed by atoms with Crippen molar-refractivity contribution in [1.29, 1.82) is 5.26 Å². The second kappa shape index (κ2) is 6.09. The SMILES string of the molecule is CC(O)(CC#N)Cc1ccc(-c2ccccc2Cl)cc1. The van der Waals surface area contributed by atoms with Crippen LogP contribution in [0.2, 0.25) is 5.02 Å². The molecule has 1 N–H and O–H groups in total. The highest BCUT2D eigenvalue weighted by atomic mass is 35.5. The number of aliphatic hydroxyl groups is 1. The molecule has 102 valence electrons. The number of halogens is 1. The van der Waals surface area contributed by atoms with Crippen molar-refractivity contribution < 1.29 is 5.11 Å². The van der Waals surface area contributed by atoms with Gasteiger partial charge < -0.3 is 5.11 Å². The molecule has 0 bridgehead atoms. The molecule has 0 amide bonds. The Morgan fingerprint density at radius 1 is 1.15 bits per heavy atom. The first-order valence-electron chi connectivity index (χ1n) is 6.45. The van der Waals surface area contributed by atoms with Crippen molar-refractivity contribution in [2.75, 3.05) is 0 Å². The average Bonchev–Trinajstić information content (AvgIpc) is 2.40. The molecule has 2 aromatic rings. The summed E-state index contributed by atoms with van der Waals surface area (Å²) in [5, 5.41) is 19.5. The second-order valence-corrected chi connectivity index (χ2v) is 5.59. The maximum Gasteiger partial charge on any atom is 0.0789 e. The average molecular weight is 286 g/mol. The molecule has 20 heavy (non-hydrogen) atoms. The quantitative estimate of drug-likeness (QED) is 0.914. The fourth-order valence-electron chi connectivity index (χ4n) is 2.17. The van der Waals surface area contributed by atoms with Gasteiger partial charge in [-0.1, -0.05) is 54.1 Å². The van der Waals surface area contributed by atoms with Gasteiger partial charge in [-0.25, -0.2) is 0 Å². The van der Waals surface area contributed by atoms with Gasteiger partial charge in [-0.3, -0.25) is 0 Å². The van der Waals surface area contributed by atoms with Crippen LogP contribution in [-0.2, 0) is 6.42 Å². The summed E-state index contributed by atoms with van der Waals surface area (Å²) in [5.74, 6) is 0. The van der Waals surface area contributed by atoms with Crippen molar-refractivity contribution in [2.45, 2.75) is 25.4 Å². The van der Waals surface area contributed by atoms with Gasteiger partial charge in [-0.15, -0.1) is 0 Å². The normalized spacial score (nSPS) is 13.5. The predicted octanol–water partition coefficient (Wildman–Crippen LogP) is 4.21. The van der Waals surface area contributed by atoms with Crippen molar-refractivity contribution in [3.05, 3.63) is 59.1 Å². The van der Waals surface area contributed by atoms with Gasteiger partial charge >= 0.3 is 0 Å². The van der Waals surface area contributed by atoms with Crippen LogP contribution in [0.4, 0.5) is 0 Å². The first kappa shape index (κ1) is 14.6. The van der Waals surface area contributed by atoms with Crippen LogP contribution in [0.25, 0.3) is 11.1 Å². The molecule has 1 atom stereocenters. The number of rotatable bonds is 4. The van der Waals surface area contributed by atoms with E-state index < -0.39 is 5.60 Å². The van der Waals surface area contributed by atoms with E-state index in [9.17, 15) is 5.11 Å². The molecule has 2 rings (SSSR count). The summed E-state index contributed by atoms with van der Waals surface area (Å²) in [4.78, 5) is 0. The van der Waals surface area contributed by atoms with E-state index in [0.29, 0.717) is 6.42 Å². The summed E-state index contributed by atoms with van der Waals surface area (Å²) >= 11 is 6.17. The Morgan fingerprint density at radius 2 is 1.80 bits per heavy atom. The fraction of sp³-hybridized carbons (Fsp3) is 0.235. The highest BCUT2D eigenvalue weighted by Gasteiger charge is 2.20. The summed E-state index contributed by atoms with van der Waals surface area (Å²) < 4.78 is 0. The Labute approximate surface area is 124 Å². The third-order valence-electron chi connectivity index (χ3n) is 3.18. The van der Waals surface area contributed by atoms with Gasteiger partial charge in [-0.05, 0) is 24.1 Å². The Kier molecular flexibility index (Phi) is 4.44. The molecule has 1 unspecified atom stereocenters. The molecule has 0 fully saturated rings. The molecule has 0 spiro atoms. The Morgan fingerprint density at radius 3 is 2.40 bits per heavy atom. The van der Waals surface area contributed by atoms with E-state index in [4.69, 9.17) is 16.9 Å². The monoisotopic (exact) mass is 285 g/mol. The second-order valence-electron chi connectivity index (χ2n) is 5.19. The largest absolute Gasteiger partial charge is 0.389 e. The molecular formula is C17H16ClNO. The van der Waals surface area contributed by atoms with Gasteiger partial charge in [0.05, 0.1) is 18.1 Å². The minimum Gasteiger partial charge on any atom is -0.389 e. The first-order chi connectivity index (χ1) is 9.52. The molecule has 3 heteroatoms. The molecule has 0 radical (unpaired) electrons. The molecule has 0 saturated heterocycles. The number of benzene rings is 2. The topological polar surface area (TPSA) is 44.0 Å². The highest BCUT2D eigenvalue weighted by Crippen LogP contribution is 2.28. The van der Waals surface area contributed by atoms with Crippen molar-refractivity contribution >= 4 is 11.6 Å². The zero-order valence-electron chi connectivity index (χ0n) is 11.3. The molecule has 0 aromatic heterocycles. The van der Waals surface area contributed by atoms with Crippen LogP contribution in [0.5, 0.6) is 0 Å². The van der Waals surface area contributed by atoms with E-state index in [1.807, 2.05) is 54.6 Å². The van der Waals surface area contributed by atoms with Gasteiger partial charge in [0.1, 0.15) is 0 Å². The molecule has 2 aromatic carbocycles. The van der Waals surface area contributed by atoms with E-state index in [1.165, 1.54) is 0 Å².